The van der Waals surface area contributed by atoms with Crippen molar-refractivity contribution in [1.82, 2.24) is 5.32 Å². The van der Waals surface area contributed by atoms with Crippen molar-refractivity contribution in [3.05, 3.63) is 22.4 Å². The first-order chi connectivity index (χ1) is 7.29. The van der Waals surface area contributed by atoms with Crippen LogP contribution in [0.3, 0.4) is 0 Å². The first-order valence-electron chi connectivity index (χ1n) is 6.06. The summed E-state index contributed by atoms with van der Waals surface area (Å²) in [4.78, 5) is 1.49. The lowest BCUT2D eigenvalue weighted by atomic mass is 10.0. The van der Waals surface area contributed by atoms with Gasteiger partial charge in [-0.05, 0) is 42.5 Å². The highest BCUT2D eigenvalue weighted by Gasteiger charge is 2.40. The third kappa shape index (κ3) is 2.61. The predicted octanol–water partition coefficient (Wildman–Crippen LogP) is 3.98. The van der Waals surface area contributed by atoms with Crippen molar-refractivity contribution in [2.75, 3.05) is 6.54 Å². The zero-order valence-electron chi connectivity index (χ0n) is 9.75. The third-order valence-corrected chi connectivity index (χ3v) is 4.71. The summed E-state index contributed by atoms with van der Waals surface area (Å²) in [6.07, 6.45) is 5.38. The van der Waals surface area contributed by atoms with Crippen LogP contribution >= 0.6 is 11.3 Å². The van der Waals surface area contributed by atoms with E-state index in [-0.39, 0.29) is 0 Å². The monoisotopic (exact) mass is 223 g/mol. The van der Waals surface area contributed by atoms with Crippen molar-refractivity contribution in [1.29, 1.82) is 0 Å². The molecule has 1 unspecified atom stereocenters. The Labute approximate surface area is 96.9 Å². The molecule has 1 fully saturated rings. The van der Waals surface area contributed by atoms with E-state index < -0.39 is 0 Å². The van der Waals surface area contributed by atoms with Gasteiger partial charge in [-0.1, -0.05) is 19.9 Å². The smallest absolute Gasteiger partial charge is 0.0412 e. The van der Waals surface area contributed by atoms with Gasteiger partial charge in [0.05, 0.1) is 0 Å². The summed E-state index contributed by atoms with van der Waals surface area (Å²) in [7, 11) is 0. The van der Waals surface area contributed by atoms with E-state index in [0.29, 0.717) is 11.5 Å². The zero-order chi connectivity index (χ0) is 10.7. The molecule has 0 aromatic carbocycles. The maximum atomic E-state index is 3.74. The fraction of sp³-hybridized carbons (Fsp3) is 0.692. The molecule has 0 radical (unpaired) electrons. The lowest BCUT2D eigenvalue weighted by Crippen LogP contribution is -2.27. The van der Waals surface area contributed by atoms with Crippen LogP contribution in [-0.4, -0.2) is 6.54 Å². The minimum absolute atomic E-state index is 0.578. The van der Waals surface area contributed by atoms with Crippen LogP contribution in [0, 0.1) is 5.41 Å². The molecule has 1 nitrogen and oxygen atoms in total. The summed E-state index contributed by atoms with van der Waals surface area (Å²) in [6, 6.07) is 4.98. The van der Waals surface area contributed by atoms with Gasteiger partial charge in [0, 0.05) is 17.5 Å². The molecular formula is C13H21NS. The maximum Gasteiger partial charge on any atom is 0.0412 e. The average Bonchev–Trinajstić information content (AvgIpc) is 2.85. The summed E-state index contributed by atoms with van der Waals surface area (Å²) in [5.41, 5.74) is 0.657. The minimum Gasteiger partial charge on any atom is -0.309 e. The van der Waals surface area contributed by atoms with E-state index in [9.17, 15) is 0 Å². The van der Waals surface area contributed by atoms with Crippen molar-refractivity contribution in [3.8, 4) is 0 Å². The molecule has 0 amide bonds. The normalized spacial score (nSPS) is 20.1. The van der Waals surface area contributed by atoms with E-state index in [1.165, 1.54) is 37.1 Å². The Bertz CT molecular complexity index is 287. The first-order valence-corrected chi connectivity index (χ1v) is 6.94. The molecule has 0 bridgehead atoms. The molecule has 84 valence electrons. The molecule has 1 aliphatic carbocycles. The van der Waals surface area contributed by atoms with Crippen molar-refractivity contribution in [2.24, 2.45) is 5.41 Å². The van der Waals surface area contributed by atoms with E-state index in [1.54, 1.807) is 0 Å². The van der Waals surface area contributed by atoms with Crippen LogP contribution in [0.1, 0.15) is 50.4 Å². The van der Waals surface area contributed by atoms with Gasteiger partial charge in [0.25, 0.3) is 0 Å². The van der Waals surface area contributed by atoms with E-state index in [0.717, 1.165) is 0 Å². The van der Waals surface area contributed by atoms with Crippen LogP contribution < -0.4 is 5.32 Å². The van der Waals surface area contributed by atoms with Gasteiger partial charge in [0.2, 0.25) is 0 Å². The van der Waals surface area contributed by atoms with Crippen LogP contribution in [0.4, 0.5) is 0 Å². The average molecular weight is 223 g/mol. The number of thiophene rings is 1. The highest BCUT2D eigenvalue weighted by atomic mass is 32.1. The summed E-state index contributed by atoms with van der Waals surface area (Å²) in [5, 5.41) is 5.91. The molecule has 2 rings (SSSR count). The fourth-order valence-electron chi connectivity index (χ4n) is 2.11. The van der Waals surface area contributed by atoms with E-state index in [2.05, 4.69) is 36.7 Å². The molecule has 0 spiro atoms. The quantitative estimate of drug-likeness (QED) is 0.769. The minimum atomic E-state index is 0.578. The molecule has 1 aliphatic rings. The Morgan fingerprint density at radius 3 is 2.73 bits per heavy atom. The van der Waals surface area contributed by atoms with Gasteiger partial charge in [-0.15, -0.1) is 11.3 Å². The Kier molecular flexibility index (Phi) is 3.47. The first kappa shape index (κ1) is 11.2. The van der Waals surface area contributed by atoms with Crippen molar-refractivity contribution < 1.29 is 0 Å². The molecule has 1 atom stereocenters. The number of nitrogens with one attached hydrogen (secondary N) is 1. The largest absolute Gasteiger partial charge is 0.309 e. The summed E-state index contributed by atoms with van der Waals surface area (Å²) < 4.78 is 0. The van der Waals surface area contributed by atoms with Gasteiger partial charge in [0.15, 0.2) is 0 Å². The van der Waals surface area contributed by atoms with E-state index in [1.807, 2.05) is 11.3 Å². The molecule has 1 saturated carbocycles. The number of hydrogen-bond acceptors (Lipinski definition) is 2. The Hall–Kier alpha value is -0.340. The van der Waals surface area contributed by atoms with Crippen LogP contribution in [0.25, 0.3) is 0 Å². The number of rotatable bonds is 6. The lowest BCUT2D eigenvalue weighted by Gasteiger charge is -2.20. The van der Waals surface area contributed by atoms with Crippen LogP contribution in [0.5, 0.6) is 0 Å². The topological polar surface area (TPSA) is 12.0 Å². The molecule has 0 saturated heterocycles. The molecular weight excluding hydrogens is 202 g/mol. The second-order valence-corrected chi connectivity index (χ2v) is 5.69. The molecule has 2 heteroatoms. The SMILES string of the molecule is CCC(NCC1(CC)CC1)c1cccs1. The van der Waals surface area contributed by atoms with Gasteiger partial charge >= 0.3 is 0 Å². The zero-order valence-corrected chi connectivity index (χ0v) is 10.6. The van der Waals surface area contributed by atoms with E-state index in [4.69, 9.17) is 0 Å². The van der Waals surface area contributed by atoms with Gasteiger partial charge < -0.3 is 5.32 Å². The number of hydrogen-bond donors (Lipinski definition) is 1. The predicted molar refractivity (Wildman–Crippen MR) is 67.3 cm³/mol. The van der Waals surface area contributed by atoms with Crippen LogP contribution in [0.15, 0.2) is 17.5 Å². The third-order valence-electron chi connectivity index (χ3n) is 3.73. The summed E-state index contributed by atoms with van der Waals surface area (Å²) in [6.45, 7) is 5.80. The van der Waals surface area contributed by atoms with Gasteiger partial charge in [0.1, 0.15) is 0 Å². The molecule has 0 aliphatic heterocycles. The van der Waals surface area contributed by atoms with Gasteiger partial charge in [-0.2, -0.15) is 0 Å². The van der Waals surface area contributed by atoms with E-state index >= 15 is 0 Å². The standard InChI is InChI=1S/C13H21NS/c1-3-11(12-6-5-9-15-12)14-10-13(4-2)7-8-13/h5-6,9,11,14H,3-4,7-8,10H2,1-2H3. The second kappa shape index (κ2) is 4.67. The van der Waals surface area contributed by atoms with Crippen LogP contribution in [0.2, 0.25) is 0 Å². The van der Waals surface area contributed by atoms with Crippen molar-refractivity contribution in [2.45, 2.75) is 45.6 Å². The Morgan fingerprint density at radius 2 is 2.27 bits per heavy atom. The van der Waals surface area contributed by atoms with Crippen molar-refractivity contribution in [3.63, 3.8) is 0 Å². The molecule has 1 aromatic heterocycles. The molecule has 1 aromatic rings. The second-order valence-electron chi connectivity index (χ2n) is 4.71. The Balaban J connectivity index is 1.87. The Morgan fingerprint density at radius 1 is 1.47 bits per heavy atom. The highest BCUT2D eigenvalue weighted by molar-refractivity contribution is 7.10. The van der Waals surface area contributed by atoms with Gasteiger partial charge in [-0.25, -0.2) is 0 Å². The summed E-state index contributed by atoms with van der Waals surface area (Å²) >= 11 is 1.87. The lowest BCUT2D eigenvalue weighted by molar-refractivity contribution is 0.401. The fourth-order valence-corrected chi connectivity index (χ4v) is 2.99. The highest BCUT2D eigenvalue weighted by Crippen LogP contribution is 2.48. The van der Waals surface area contributed by atoms with Crippen LogP contribution in [-0.2, 0) is 0 Å². The summed E-state index contributed by atoms with van der Waals surface area (Å²) in [5.74, 6) is 0. The molecule has 15 heavy (non-hydrogen) atoms. The van der Waals surface area contributed by atoms with Crippen molar-refractivity contribution >= 4 is 11.3 Å². The molecule has 1 heterocycles. The molecule has 1 N–H and O–H groups in total. The van der Waals surface area contributed by atoms with Gasteiger partial charge in [-0.3, -0.25) is 0 Å². The maximum absolute atomic E-state index is 3.74.